The summed E-state index contributed by atoms with van der Waals surface area (Å²) in [6.07, 6.45) is 1.70. The summed E-state index contributed by atoms with van der Waals surface area (Å²) >= 11 is 3.44. The number of hydrogen-bond acceptors (Lipinski definition) is 4. The molecule has 19 heavy (non-hydrogen) atoms. The van der Waals surface area contributed by atoms with Gasteiger partial charge in [-0.2, -0.15) is 0 Å². The minimum atomic E-state index is -0.379. The zero-order valence-electron chi connectivity index (χ0n) is 10.3. The van der Waals surface area contributed by atoms with Crippen LogP contribution in [0.15, 0.2) is 41.0 Å². The lowest BCUT2D eigenvalue weighted by Crippen LogP contribution is -2.05. The fourth-order valence-electron chi connectivity index (χ4n) is 1.68. The van der Waals surface area contributed by atoms with E-state index >= 15 is 0 Å². The summed E-state index contributed by atoms with van der Waals surface area (Å²) in [5, 5.41) is 14.0. The van der Waals surface area contributed by atoms with E-state index in [9.17, 15) is 10.1 Å². The van der Waals surface area contributed by atoms with Crippen LogP contribution in [0, 0.1) is 17.0 Å². The number of aryl methyl sites for hydroxylation is 1. The predicted molar refractivity (Wildman–Crippen MR) is 77.1 cm³/mol. The van der Waals surface area contributed by atoms with Gasteiger partial charge >= 0.3 is 0 Å². The highest BCUT2D eigenvalue weighted by Gasteiger charge is 2.12. The van der Waals surface area contributed by atoms with Crippen LogP contribution in [0.1, 0.15) is 11.1 Å². The Morgan fingerprint density at radius 3 is 2.84 bits per heavy atom. The van der Waals surface area contributed by atoms with Crippen molar-refractivity contribution < 1.29 is 4.92 Å². The fourth-order valence-corrected chi connectivity index (χ4v) is 2.06. The molecule has 0 bridgehead atoms. The third kappa shape index (κ3) is 3.08. The van der Waals surface area contributed by atoms with Gasteiger partial charge in [-0.1, -0.05) is 18.2 Å². The molecule has 0 saturated carbocycles. The second-order valence-electron chi connectivity index (χ2n) is 4.03. The number of nitro groups is 1. The molecule has 0 amide bonds. The smallest absolute Gasteiger partial charge is 0.274 e. The van der Waals surface area contributed by atoms with Gasteiger partial charge in [0.15, 0.2) is 0 Å². The zero-order chi connectivity index (χ0) is 13.8. The van der Waals surface area contributed by atoms with Crippen LogP contribution in [0.5, 0.6) is 0 Å². The molecule has 0 fully saturated rings. The standard InChI is InChI=1S/C13H12BrN3O2/c1-9-6-7-15-13(12(9)14)16-8-10-4-2-3-5-11(10)17(18)19/h2-7H,8H2,1H3,(H,15,16). The summed E-state index contributed by atoms with van der Waals surface area (Å²) in [7, 11) is 0. The second kappa shape index (κ2) is 5.79. The van der Waals surface area contributed by atoms with Gasteiger partial charge in [-0.3, -0.25) is 10.1 Å². The van der Waals surface area contributed by atoms with Gasteiger partial charge in [0.2, 0.25) is 0 Å². The number of nitrogens with zero attached hydrogens (tertiary/aromatic N) is 2. The van der Waals surface area contributed by atoms with Crippen molar-refractivity contribution in [2.45, 2.75) is 13.5 Å². The number of anilines is 1. The van der Waals surface area contributed by atoms with E-state index in [-0.39, 0.29) is 10.6 Å². The molecule has 0 unspecified atom stereocenters. The van der Waals surface area contributed by atoms with Crippen molar-refractivity contribution in [2.75, 3.05) is 5.32 Å². The SMILES string of the molecule is Cc1ccnc(NCc2ccccc2[N+](=O)[O-])c1Br. The lowest BCUT2D eigenvalue weighted by molar-refractivity contribution is -0.385. The molecule has 0 aliphatic carbocycles. The minimum Gasteiger partial charge on any atom is -0.365 e. The van der Waals surface area contributed by atoms with Crippen LogP contribution in [0.3, 0.4) is 0 Å². The van der Waals surface area contributed by atoms with E-state index in [1.165, 1.54) is 6.07 Å². The van der Waals surface area contributed by atoms with E-state index in [4.69, 9.17) is 0 Å². The van der Waals surface area contributed by atoms with Crippen LogP contribution in [-0.4, -0.2) is 9.91 Å². The minimum absolute atomic E-state index is 0.110. The molecular formula is C13H12BrN3O2. The third-order valence-electron chi connectivity index (χ3n) is 2.72. The summed E-state index contributed by atoms with van der Waals surface area (Å²) in [6, 6.07) is 8.55. The quantitative estimate of drug-likeness (QED) is 0.689. The van der Waals surface area contributed by atoms with Gasteiger partial charge in [-0.05, 0) is 34.5 Å². The van der Waals surface area contributed by atoms with Crippen LogP contribution in [0.25, 0.3) is 0 Å². The molecule has 0 spiro atoms. The normalized spacial score (nSPS) is 10.2. The topological polar surface area (TPSA) is 68.1 Å². The average molecular weight is 322 g/mol. The number of rotatable bonds is 4. The Morgan fingerprint density at radius 1 is 1.37 bits per heavy atom. The maximum absolute atomic E-state index is 10.9. The Morgan fingerprint density at radius 2 is 2.11 bits per heavy atom. The van der Waals surface area contributed by atoms with E-state index in [1.807, 2.05) is 13.0 Å². The molecule has 0 aliphatic rings. The molecule has 0 radical (unpaired) electrons. The molecule has 0 saturated heterocycles. The maximum Gasteiger partial charge on any atom is 0.274 e. The molecule has 2 rings (SSSR count). The number of aromatic nitrogens is 1. The molecular weight excluding hydrogens is 310 g/mol. The van der Waals surface area contributed by atoms with E-state index in [0.717, 1.165) is 10.0 Å². The summed E-state index contributed by atoms with van der Waals surface area (Å²) < 4.78 is 0.869. The van der Waals surface area contributed by atoms with Gasteiger partial charge in [0, 0.05) is 24.4 Å². The molecule has 1 aromatic carbocycles. The average Bonchev–Trinajstić information content (AvgIpc) is 2.40. The first-order valence-corrected chi connectivity index (χ1v) is 6.46. The first-order chi connectivity index (χ1) is 9.09. The van der Waals surface area contributed by atoms with Gasteiger partial charge in [0.25, 0.3) is 5.69 Å². The number of hydrogen-bond donors (Lipinski definition) is 1. The van der Waals surface area contributed by atoms with E-state index < -0.39 is 0 Å². The van der Waals surface area contributed by atoms with Gasteiger partial charge in [-0.15, -0.1) is 0 Å². The number of para-hydroxylation sites is 1. The van der Waals surface area contributed by atoms with Crippen molar-refractivity contribution in [1.29, 1.82) is 0 Å². The largest absolute Gasteiger partial charge is 0.365 e. The fraction of sp³-hybridized carbons (Fsp3) is 0.154. The van der Waals surface area contributed by atoms with Crippen molar-refractivity contribution >= 4 is 27.4 Å². The molecule has 0 atom stereocenters. The first kappa shape index (κ1) is 13.5. The Hall–Kier alpha value is -1.95. The first-order valence-electron chi connectivity index (χ1n) is 5.67. The lowest BCUT2D eigenvalue weighted by Gasteiger charge is -2.09. The van der Waals surface area contributed by atoms with Crippen molar-refractivity contribution in [3.63, 3.8) is 0 Å². The van der Waals surface area contributed by atoms with Crippen LogP contribution < -0.4 is 5.32 Å². The molecule has 2 aromatic rings. The van der Waals surface area contributed by atoms with Crippen molar-refractivity contribution in [1.82, 2.24) is 4.98 Å². The lowest BCUT2D eigenvalue weighted by atomic mass is 10.2. The van der Waals surface area contributed by atoms with E-state index in [2.05, 4.69) is 26.2 Å². The van der Waals surface area contributed by atoms with E-state index in [0.29, 0.717) is 17.9 Å². The van der Waals surface area contributed by atoms with Crippen LogP contribution in [0.4, 0.5) is 11.5 Å². The highest BCUT2D eigenvalue weighted by Crippen LogP contribution is 2.25. The summed E-state index contributed by atoms with van der Waals surface area (Å²) in [4.78, 5) is 14.7. The number of halogens is 1. The molecule has 0 aliphatic heterocycles. The Bertz CT molecular complexity index is 617. The van der Waals surface area contributed by atoms with Gasteiger partial charge in [0.05, 0.1) is 9.40 Å². The van der Waals surface area contributed by atoms with Crippen LogP contribution in [-0.2, 0) is 6.54 Å². The summed E-state index contributed by atoms with van der Waals surface area (Å²) in [5.41, 5.74) is 1.79. The van der Waals surface area contributed by atoms with Crippen molar-refractivity contribution in [3.8, 4) is 0 Å². The maximum atomic E-state index is 10.9. The Labute approximate surface area is 119 Å². The molecule has 1 aromatic heterocycles. The van der Waals surface area contributed by atoms with Crippen molar-refractivity contribution in [2.24, 2.45) is 0 Å². The second-order valence-corrected chi connectivity index (χ2v) is 4.82. The highest BCUT2D eigenvalue weighted by atomic mass is 79.9. The molecule has 1 heterocycles. The number of nitrogens with one attached hydrogen (secondary N) is 1. The Kier molecular flexibility index (Phi) is 4.11. The highest BCUT2D eigenvalue weighted by molar-refractivity contribution is 9.10. The summed E-state index contributed by atoms with van der Waals surface area (Å²) in [5.74, 6) is 0.679. The summed E-state index contributed by atoms with van der Waals surface area (Å²) in [6.45, 7) is 2.31. The molecule has 1 N–H and O–H groups in total. The molecule has 6 heteroatoms. The monoisotopic (exact) mass is 321 g/mol. The van der Waals surface area contributed by atoms with E-state index in [1.54, 1.807) is 24.4 Å². The van der Waals surface area contributed by atoms with Crippen molar-refractivity contribution in [3.05, 3.63) is 62.2 Å². The van der Waals surface area contributed by atoms with Gasteiger partial charge in [0.1, 0.15) is 5.82 Å². The zero-order valence-corrected chi connectivity index (χ0v) is 11.8. The van der Waals surface area contributed by atoms with Crippen LogP contribution in [0.2, 0.25) is 0 Å². The van der Waals surface area contributed by atoms with Gasteiger partial charge in [-0.25, -0.2) is 4.98 Å². The third-order valence-corrected chi connectivity index (χ3v) is 3.72. The Balaban J connectivity index is 2.19. The number of nitro benzene ring substituents is 1. The van der Waals surface area contributed by atoms with Gasteiger partial charge < -0.3 is 5.32 Å². The number of benzene rings is 1. The molecule has 98 valence electrons. The van der Waals surface area contributed by atoms with Crippen LogP contribution >= 0.6 is 15.9 Å². The molecule has 5 nitrogen and oxygen atoms in total. The predicted octanol–water partition coefficient (Wildman–Crippen LogP) is 3.67. The number of pyridine rings is 1.